The van der Waals surface area contributed by atoms with Gasteiger partial charge in [0.2, 0.25) is 0 Å². The minimum Gasteiger partial charge on any atom is -0.464 e. The van der Waals surface area contributed by atoms with Crippen molar-refractivity contribution >= 4 is 22.6 Å². The molecule has 1 aromatic carbocycles. The van der Waals surface area contributed by atoms with Gasteiger partial charge in [-0.25, -0.2) is 4.98 Å². The van der Waals surface area contributed by atoms with Gasteiger partial charge in [-0.15, -0.1) is 0 Å². The van der Waals surface area contributed by atoms with Crippen LogP contribution in [0.4, 0.5) is 0 Å². The Balaban J connectivity index is 2.26. The van der Waals surface area contributed by atoms with E-state index in [-0.39, 0.29) is 0 Å². The first kappa shape index (κ1) is 12.4. The number of aryl methyl sites for hydroxylation is 1. The van der Waals surface area contributed by atoms with Crippen LogP contribution in [-0.2, 0) is 6.42 Å². The van der Waals surface area contributed by atoms with E-state index in [4.69, 9.17) is 9.15 Å². The summed E-state index contributed by atoms with van der Waals surface area (Å²) in [6.07, 6.45) is 0.742. The van der Waals surface area contributed by atoms with Gasteiger partial charge in [0.15, 0.2) is 5.89 Å². The maximum absolute atomic E-state index is 5.44. The molecule has 0 aliphatic carbocycles. The van der Waals surface area contributed by atoms with Crippen LogP contribution < -0.4 is 4.74 Å². The van der Waals surface area contributed by atoms with E-state index >= 15 is 0 Å². The van der Waals surface area contributed by atoms with Crippen LogP contribution in [-0.4, -0.2) is 11.6 Å². The van der Waals surface area contributed by atoms with E-state index in [0.717, 1.165) is 12.1 Å². The van der Waals surface area contributed by atoms with E-state index < -0.39 is 0 Å². The normalized spacial score (nSPS) is 10.5. The Morgan fingerprint density at radius 1 is 1.35 bits per heavy atom. The molecule has 0 saturated carbocycles. The fourth-order valence-electron chi connectivity index (χ4n) is 1.63. The van der Waals surface area contributed by atoms with Crippen molar-refractivity contribution in [3.05, 3.63) is 45.0 Å². The average molecular weight is 343 g/mol. The molecule has 1 heterocycles. The molecule has 0 N–H and O–H groups in total. The smallest absolute Gasteiger partial charge is 0.308 e. The molecule has 1 aromatic heterocycles. The second-order valence-corrected chi connectivity index (χ2v) is 4.83. The van der Waals surface area contributed by atoms with Crippen molar-refractivity contribution in [1.29, 1.82) is 0 Å². The zero-order chi connectivity index (χ0) is 12.3. The molecule has 0 radical (unpaired) electrons. The third kappa shape index (κ3) is 3.00. The van der Waals surface area contributed by atoms with E-state index in [1.807, 2.05) is 26.0 Å². The molecular weight excluding hydrogens is 329 g/mol. The Morgan fingerprint density at radius 3 is 2.82 bits per heavy atom. The summed E-state index contributed by atoms with van der Waals surface area (Å²) >= 11 is 2.33. The van der Waals surface area contributed by atoms with Gasteiger partial charge in [-0.05, 0) is 41.1 Å². The van der Waals surface area contributed by atoms with Crippen molar-refractivity contribution in [1.82, 2.24) is 4.98 Å². The largest absolute Gasteiger partial charge is 0.464 e. The highest BCUT2D eigenvalue weighted by Crippen LogP contribution is 2.24. The number of aromatic nitrogens is 1. The minimum atomic E-state index is 0.546. The van der Waals surface area contributed by atoms with Crippen molar-refractivity contribution < 1.29 is 9.15 Å². The van der Waals surface area contributed by atoms with Gasteiger partial charge in [-0.3, -0.25) is 0 Å². The summed E-state index contributed by atoms with van der Waals surface area (Å²) in [6.45, 7) is 4.36. The molecule has 0 saturated heterocycles. The molecule has 0 aliphatic heterocycles. The van der Waals surface area contributed by atoms with E-state index in [2.05, 4.69) is 39.7 Å². The number of rotatable bonds is 4. The molecule has 4 heteroatoms. The number of hydrogen-bond acceptors (Lipinski definition) is 3. The Morgan fingerprint density at radius 2 is 2.12 bits per heavy atom. The summed E-state index contributed by atoms with van der Waals surface area (Å²) in [5.74, 6) is 1.19. The summed E-state index contributed by atoms with van der Waals surface area (Å²) in [6, 6.07) is 8.25. The van der Waals surface area contributed by atoms with Gasteiger partial charge in [-0.2, -0.15) is 0 Å². The summed E-state index contributed by atoms with van der Waals surface area (Å²) in [5.41, 5.74) is 2.11. The zero-order valence-corrected chi connectivity index (χ0v) is 12.0. The molecule has 2 rings (SSSR count). The van der Waals surface area contributed by atoms with Crippen LogP contribution in [0, 0.1) is 10.5 Å². The lowest BCUT2D eigenvalue weighted by atomic mass is 10.1. The molecule has 0 amide bonds. The molecule has 0 atom stereocenters. The molecule has 0 fully saturated rings. The summed E-state index contributed by atoms with van der Waals surface area (Å²) in [5, 5.41) is 0. The number of benzene rings is 1. The van der Waals surface area contributed by atoms with E-state index in [9.17, 15) is 0 Å². The highest BCUT2D eigenvalue weighted by atomic mass is 127. The Bertz CT molecular complexity index is 508. The monoisotopic (exact) mass is 343 g/mol. The fourth-order valence-corrected chi connectivity index (χ4v) is 2.21. The second kappa shape index (κ2) is 5.53. The number of halogens is 1. The van der Waals surface area contributed by atoms with Crippen molar-refractivity contribution in [2.24, 2.45) is 0 Å². The molecule has 3 nitrogen and oxygen atoms in total. The molecule has 17 heavy (non-hydrogen) atoms. The summed E-state index contributed by atoms with van der Waals surface area (Å²) in [7, 11) is 0. The van der Waals surface area contributed by atoms with Crippen LogP contribution in [0.15, 0.2) is 28.7 Å². The third-order valence-electron chi connectivity index (χ3n) is 2.36. The molecule has 0 unspecified atom stereocenters. The lowest BCUT2D eigenvalue weighted by Crippen LogP contribution is -1.97. The second-order valence-electron chi connectivity index (χ2n) is 3.67. The predicted octanol–water partition coefficient (Wildman–Crippen LogP) is 3.58. The first-order chi connectivity index (χ1) is 8.20. The van der Waals surface area contributed by atoms with Crippen LogP contribution in [0.25, 0.3) is 0 Å². The molecule has 0 aliphatic rings. The van der Waals surface area contributed by atoms with Gasteiger partial charge in [-0.1, -0.05) is 18.2 Å². The lowest BCUT2D eigenvalue weighted by Gasteiger charge is -2.03. The minimum absolute atomic E-state index is 0.546. The Labute approximate surface area is 114 Å². The zero-order valence-electron chi connectivity index (χ0n) is 9.87. The van der Waals surface area contributed by atoms with E-state index in [1.165, 1.54) is 9.13 Å². The van der Waals surface area contributed by atoms with Crippen molar-refractivity contribution in [3.8, 4) is 5.95 Å². The van der Waals surface area contributed by atoms with E-state index in [1.54, 1.807) is 0 Å². The van der Waals surface area contributed by atoms with Crippen LogP contribution >= 0.6 is 22.6 Å². The standard InChI is InChI=1S/C13H14INO2/c1-3-16-13-12(15-9(2)17-13)8-10-6-4-5-7-11(10)14/h4-7H,3,8H2,1-2H3. The molecule has 2 aromatic rings. The number of ether oxygens (including phenoxy) is 1. The molecule has 0 bridgehead atoms. The van der Waals surface area contributed by atoms with Gasteiger partial charge in [0.25, 0.3) is 0 Å². The van der Waals surface area contributed by atoms with E-state index in [0.29, 0.717) is 18.4 Å². The van der Waals surface area contributed by atoms with Crippen molar-refractivity contribution in [2.75, 3.05) is 6.61 Å². The maximum atomic E-state index is 5.44. The SMILES string of the molecule is CCOc1oc(C)nc1Cc1ccccc1I. The Kier molecular flexibility index (Phi) is 4.04. The van der Waals surface area contributed by atoms with Crippen LogP contribution in [0.3, 0.4) is 0 Å². The number of nitrogens with zero attached hydrogens (tertiary/aromatic N) is 1. The van der Waals surface area contributed by atoms with Crippen molar-refractivity contribution in [2.45, 2.75) is 20.3 Å². The number of hydrogen-bond donors (Lipinski definition) is 0. The van der Waals surface area contributed by atoms with Crippen LogP contribution in [0.1, 0.15) is 24.1 Å². The van der Waals surface area contributed by atoms with Gasteiger partial charge >= 0.3 is 5.95 Å². The average Bonchev–Trinajstić information content (AvgIpc) is 2.63. The highest BCUT2D eigenvalue weighted by molar-refractivity contribution is 14.1. The fraction of sp³-hybridized carbons (Fsp3) is 0.308. The summed E-state index contributed by atoms with van der Waals surface area (Å²) in [4.78, 5) is 4.37. The molecule has 0 spiro atoms. The summed E-state index contributed by atoms with van der Waals surface area (Å²) < 4.78 is 12.1. The Hall–Kier alpha value is -1.04. The van der Waals surface area contributed by atoms with Gasteiger partial charge in [0.05, 0.1) is 6.61 Å². The highest BCUT2D eigenvalue weighted by Gasteiger charge is 2.13. The topological polar surface area (TPSA) is 35.3 Å². The lowest BCUT2D eigenvalue weighted by molar-refractivity contribution is 0.250. The van der Waals surface area contributed by atoms with Gasteiger partial charge < -0.3 is 9.15 Å². The first-order valence-electron chi connectivity index (χ1n) is 5.53. The maximum Gasteiger partial charge on any atom is 0.308 e. The quantitative estimate of drug-likeness (QED) is 0.796. The molecule has 90 valence electrons. The van der Waals surface area contributed by atoms with Crippen LogP contribution in [0.2, 0.25) is 0 Å². The number of oxazole rings is 1. The predicted molar refractivity (Wildman–Crippen MR) is 74.4 cm³/mol. The van der Waals surface area contributed by atoms with Gasteiger partial charge in [0, 0.05) is 16.9 Å². The molecular formula is C13H14INO2. The van der Waals surface area contributed by atoms with Crippen molar-refractivity contribution in [3.63, 3.8) is 0 Å². The van der Waals surface area contributed by atoms with Crippen LogP contribution in [0.5, 0.6) is 5.95 Å². The van der Waals surface area contributed by atoms with Gasteiger partial charge in [0.1, 0.15) is 5.69 Å². The third-order valence-corrected chi connectivity index (χ3v) is 3.41. The first-order valence-corrected chi connectivity index (χ1v) is 6.61.